The maximum Gasteiger partial charge on any atom is 0.163 e. The number of ether oxygens (including phenoxy) is 2. The molecule has 6 heteroatoms. The molecule has 0 aliphatic carbocycles. The van der Waals surface area contributed by atoms with E-state index in [-0.39, 0.29) is 0 Å². The fourth-order valence-electron chi connectivity index (χ4n) is 2.95. The standard InChI is InChI=1S/C15H20N4O2/c1-2-16-3-5-19(4-1)10-15-17-11-8-13-14(9-12(11)18-15)21-7-6-20-13/h8-9,16H,1-7,10H2,(H,17,18). The third-order valence-corrected chi connectivity index (χ3v) is 4.00. The highest BCUT2D eigenvalue weighted by atomic mass is 16.6. The second kappa shape index (κ2) is 5.54. The highest BCUT2D eigenvalue weighted by Crippen LogP contribution is 2.33. The van der Waals surface area contributed by atoms with E-state index in [1.807, 2.05) is 12.1 Å². The van der Waals surface area contributed by atoms with Crippen LogP contribution in [0.5, 0.6) is 11.5 Å². The first kappa shape index (κ1) is 12.9. The van der Waals surface area contributed by atoms with Crippen LogP contribution < -0.4 is 14.8 Å². The Hall–Kier alpha value is -1.79. The first-order chi connectivity index (χ1) is 10.4. The molecule has 1 aromatic carbocycles. The zero-order valence-corrected chi connectivity index (χ0v) is 12.0. The van der Waals surface area contributed by atoms with Gasteiger partial charge in [0.25, 0.3) is 0 Å². The van der Waals surface area contributed by atoms with E-state index < -0.39 is 0 Å². The van der Waals surface area contributed by atoms with Gasteiger partial charge in [0.2, 0.25) is 0 Å². The molecule has 0 spiro atoms. The van der Waals surface area contributed by atoms with Crippen LogP contribution in [0, 0.1) is 0 Å². The maximum absolute atomic E-state index is 5.62. The molecule has 0 amide bonds. The van der Waals surface area contributed by atoms with Crippen molar-refractivity contribution < 1.29 is 9.47 Å². The number of nitrogens with one attached hydrogen (secondary N) is 2. The highest BCUT2D eigenvalue weighted by Gasteiger charge is 2.16. The van der Waals surface area contributed by atoms with Crippen LogP contribution in [0.2, 0.25) is 0 Å². The van der Waals surface area contributed by atoms with Crippen molar-refractivity contribution in [2.24, 2.45) is 0 Å². The summed E-state index contributed by atoms with van der Waals surface area (Å²) in [6, 6.07) is 3.96. The first-order valence-corrected chi connectivity index (χ1v) is 7.60. The molecule has 0 saturated carbocycles. The fourth-order valence-corrected chi connectivity index (χ4v) is 2.95. The second-order valence-electron chi connectivity index (χ2n) is 5.58. The van der Waals surface area contributed by atoms with Gasteiger partial charge in [0.05, 0.1) is 17.6 Å². The number of rotatable bonds is 2. The van der Waals surface area contributed by atoms with Crippen LogP contribution in [0.1, 0.15) is 12.2 Å². The number of aromatic nitrogens is 2. The lowest BCUT2D eigenvalue weighted by Crippen LogP contribution is -2.28. The topological polar surface area (TPSA) is 62.4 Å². The molecule has 6 nitrogen and oxygen atoms in total. The van der Waals surface area contributed by atoms with Gasteiger partial charge in [0, 0.05) is 25.2 Å². The average Bonchev–Trinajstić information content (AvgIpc) is 2.70. The van der Waals surface area contributed by atoms with E-state index in [1.165, 1.54) is 6.42 Å². The predicted octanol–water partition coefficient (Wildman–Crippen LogP) is 1.13. The average molecular weight is 288 g/mol. The van der Waals surface area contributed by atoms with E-state index in [0.717, 1.165) is 61.1 Å². The Bertz CT molecular complexity index is 589. The molecule has 2 N–H and O–H groups in total. The molecule has 2 aliphatic heterocycles. The summed E-state index contributed by atoms with van der Waals surface area (Å²) in [5.74, 6) is 2.61. The van der Waals surface area contributed by atoms with Gasteiger partial charge in [-0.05, 0) is 19.5 Å². The van der Waals surface area contributed by atoms with Crippen LogP contribution >= 0.6 is 0 Å². The molecule has 112 valence electrons. The van der Waals surface area contributed by atoms with E-state index in [1.54, 1.807) is 0 Å². The van der Waals surface area contributed by atoms with Gasteiger partial charge in [-0.3, -0.25) is 4.90 Å². The molecule has 3 heterocycles. The summed E-state index contributed by atoms with van der Waals surface area (Å²) in [6.45, 7) is 6.43. The molecule has 1 fully saturated rings. The molecule has 1 saturated heterocycles. The molecule has 1 aromatic heterocycles. The Morgan fingerprint density at radius 3 is 2.86 bits per heavy atom. The summed E-state index contributed by atoms with van der Waals surface area (Å²) in [5.41, 5.74) is 1.96. The van der Waals surface area contributed by atoms with Crippen LogP contribution in [0.3, 0.4) is 0 Å². The van der Waals surface area contributed by atoms with Gasteiger partial charge in [0.15, 0.2) is 11.5 Å². The smallest absolute Gasteiger partial charge is 0.163 e. The summed E-state index contributed by atoms with van der Waals surface area (Å²) >= 11 is 0. The van der Waals surface area contributed by atoms with Crippen molar-refractivity contribution in [2.45, 2.75) is 13.0 Å². The van der Waals surface area contributed by atoms with Gasteiger partial charge in [-0.2, -0.15) is 0 Å². The van der Waals surface area contributed by atoms with E-state index >= 15 is 0 Å². The van der Waals surface area contributed by atoms with Crippen molar-refractivity contribution in [2.75, 3.05) is 39.4 Å². The van der Waals surface area contributed by atoms with Crippen molar-refractivity contribution in [3.8, 4) is 11.5 Å². The van der Waals surface area contributed by atoms with Gasteiger partial charge in [-0.25, -0.2) is 4.98 Å². The summed E-state index contributed by atoms with van der Waals surface area (Å²) in [5, 5.41) is 3.42. The Labute approximate surface area is 123 Å². The molecule has 21 heavy (non-hydrogen) atoms. The van der Waals surface area contributed by atoms with Gasteiger partial charge >= 0.3 is 0 Å². The number of fused-ring (bicyclic) bond motifs is 2. The minimum absolute atomic E-state index is 0.608. The second-order valence-corrected chi connectivity index (χ2v) is 5.58. The van der Waals surface area contributed by atoms with Gasteiger partial charge < -0.3 is 19.8 Å². The maximum atomic E-state index is 5.62. The molecule has 2 aliphatic rings. The molecular weight excluding hydrogens is 268 g/mol. The Morgan fingerprint density at radius 1 is 1.10 bits per heavy atom. The predicted molar refractivity (Wildman–Crippen MR) is 79.8 cm³/mol. The van der Waals surface area contributed by atoms with E-state index in [9.17, 15) is 0 Å². The van der Waals surface area contributed by atoms with Crippen LogP contribution in [0.25, 0.3) is 11.0 Å². The summed E-state index contributed by atoms with van der Waals surface area (Å²) in [6.07, 6.45) is 1.19. The number of H-pyrrole nitrogens is 1. The molecule has 4 rings (SSSR count). The number of imidazole rings is 1. The number of benzene rings is 1. The minimum Gasteiger partial charge on any atom is -0.486 e. The Kier molecular flexibility index (Phi) is 3.40. The lowest BCUT2D eigenvalue weighted by Gasteiger charge is -2.17. The fraction of sp³-hybridized carbons (Fsp3) is 0.533. The quantitative estimate of drug-likeness (QED) is 0.867. The SMILES string of the molecule is c1c2c(cc3[nH]c(CN4CCCNCC4)nc13)OCCO2. The van der Waals surface area contributed by atoms with Gasteiger partial charge in [-0.1, -0.05) is 0 Å². The number of nitrogens with zero attached hydrogens (tertiary/aromatic N) is 2. The lowest BCUT2D eigenvalue weighted by molar-refractivity contribution is 0.172. The zero-order valence-electron chi connectivity index (χ0n) is 12.0. The molecule has 0 atom stereocenters. The van der Waals surface area contributed by atoms with Crippen molar-refractivity contribution in [3.05, 3.63) is 18.0 Å². The molecule has 0 radical (unpaired) electrons. The van der Waals surface area contributed by atoms with E-state index in [2.05, 4.69) is 15.2 Å². The van der Waals surface area contributed by atoms with Crippen molar-refractivity contribution in [1.82, 2.24) is 20.2 Å². The normalized spacial score (nSPS) is 19.6. The van der Waals surface area contributed by atoms with Crippen molar-refractivity contribution in [1.29, 1.82) is 0 Å². The summed E-state index contributed by atoms with van der Waals surface area (Å²) in [7, 11) is 0. The van der Waals surface area contributed by atoms with Crippen LogP contribution in [-0.4, -0.2) is 54.3 Å². The van der Waals surface area contributed by atoms with Crippen LogP contribution in [-0.2, 0) is 6.54 Å². The Balaban J connectivity index is 1.58. The number of hydrogen-bond donors (Lipinski definition) is 2. The molecule has 0 unspecified atom stereocenters. The monoisotopic (exact) mass is 288 g/mol. The zero-order chi connectivity index (χ0) is 14.1. The highest BCUT2D eigenvalue weighted by molar-refractivity contribution is 5.79. The van der Waals surface area contributed by atoms with Gasteiger partial charge in [0.1, 0.15) is 19.0 Å². The minimum atomic E-state index is 0.608. The summed E-state index contributed by atoms with van der Waals surface area (Å²) < 4.78 is 11.2. The third kappa shape index (κ3) is 2.69. The molecular formula is C15H20N4O2. The Morgan fingerprint density at radius 2 is 1.95 bits per heavy atom. The largest absolute Gasteiger partial charge is 0.486 e. The van der Waals surface area contributed by atoms with E-state index in [4.69, 9.17) is 14.5 Å². The molecule has 0 bridgehead atoms. The van der Waals surface area contributed by atoms with Crippen LogP contribution in [0.4, 0.5) is 0 Å². The third-order valence-electron chi connectivity index (χ3n) is 4.00. The van der Waals surface area contributed by atoms with Crippen LogP contribution in [0.15, 0.2) is 12.1 Å². The number of aromatic amines is 1. The van der Waals surface area contributed by atoms with E-state index in [0.29, 0.717) is 13.2 Å². The van der Waals surface area contributed by atoms with Gasteiger partial charge in [-0.15, -0.1) is 0 Å². The van der Waals surface area contributed by atoms with Crippen molar-refractivity contribution in [3.63, 3.8) is 0 Å². The summed E-state index contributed by atoms with van der Waals surface area (Å²) in [4.78, 5) is 10.5. The molecule has 2 aromatic rings. The first-order valence-electron chi connectivity index (χ1n) is 7.60. The number of hydrogen-bond acceptors (Lipinski definition) is 5. The lowest BCUT2D eigenvalue weighted by atomic mass is 10.2. The van der Waals surface area contributed by atoms with Crippen molar-refractivity contribution >= 4 is 11.0 Å².